The molecule has 1 heterocycles. The highest BCUT2D eigenvalue weighted by Crippen LogP contribution is 2.24. The molecule has 0 atom stereocenters. The normalized spacial score (nSPS) is 11.8. The minimum atomic E-state index is 0.175. The monoisotopic (exact) mass is 321 g/mol. The van der Waals surface area contributed by atoms with Gasteiger partial charge in [-0.2, -0.15) is 5.10 Å². The number of aromatic nitrogens is 2. The fourth-order valence-corrected chi connectivity index (χ4v) is 2.41. The van der Waals surface area contributed by atoms with E-state index in [4.69, 9.17) is 5.73 Å². The van der Waals surface area contributed by atoms with E-state index in [0.717, 1.165) is 22.3 Å². The fourth-order valence-electron chi connectivity index (χ4n) is 1.94. The van der Waals surface area contributed by atoms with E-state index in [0.29, 0.717) is 6.54 Å². The van der Waals surface area contributed by atoms with Crippen LogP contribution in [0, 0.1) is 0 Å². The van der Waals surface area contributed by atoms with Crippen LogP contribution in [0.5, 0.6) is 0 Å². The molecular formula is C15H20BrN3. The van der Waals surface area contributed by atoms with Crippen LogP contribution >= 0.6 is 15.9 Å². The lowest BCUT2D eigenvalue weighted by Gasteiger charge is -2.19. The summed E-state index contributed by atoms with van der Waals surface area (Å²) < 4.78 is 2.90. The van der Waals surface area contributed by atoms with E-state index in [1.54, 1.807) is 0 Å². The second-order valence-corrected chi connectivity index (χ2v) is 6.56. The van der Waals surface area contributed by atoms with Gasteiger partial charge in [-0.1, -0.05) is 32.9 Å². The third-order valence-corrected chi connectivity index (χ3v) is 3.78. The summed E-state index contributed by atoms with van der Waals surface area (Å²) in [5.41, 5.74) is 9.14. The van der Waals surface area contributed by atoms with Gasteiger partial charge in [0, 0.05) is 12.6 Å². The first-order chi connectivity index (χ1) is 8.91. The highest BCUT2D eigenvalue weighted by molar-refractivity contribution is 9.10. The average molecular weight is 322 g/mol. The molecule has 0 amide bonds. The van der Waals surface area contributed by atoms with Crippen molar-refractivity contribution in [1.82, 2.24) is 9.78 Å². The Kier molecular flexibility index (Phi) is 4.11. The highest BCUT2D eigenvalue weighted by atomic mass is 79.9. The Labute approximate surface area is 122 Å². The van der Waals surface area contributed by atoms with Gasteiger partial charge in [-0.05, 0) is 45.6 Å². The van der Waals surface area contributed by atoms with Crippen LogP contribution in [0.1, 0.15) is 32.0 Å². The van der Waals surface area contributed by atoms with Crippen molar-refractivity contribution >= 4 is 15.9 Å². The summed E-state index contributed by atoms with van der Waals surface area (Å²) in [6.07, 6.45) is 2.77. The second kappa shape index (κ2) is 5.47. The summed E-state index contributed by atoms with van der Waals surface area (Å²) >= 11 is 3.52. The van der Waals surface area contributed by atoms with E-state index in [2.05, 4.69) is 66.1 Å². The van der Waals surface area contributed by atoms with Gasteiger partial charge >= 0.3 is 0 Å². The van der Waals surface area contributed by atoms with Crippen molar-refractivity contribution in [1.29, 1.82) is 0 Å². The molecule has 4 heteroatoms. The van der Waals surface area contributed by atoms with Crippen LogP contribution in [0.15, 0.2) is 34.9 Å². The minimum Gasteiger partial charge on any atom is -0.330 e. The summed E-state index contributed by atoms with van der Waals surface area (Å²) in [7, 11) is 0. The lowest BCUT2D eigenvalue weighted by Crippen LogP contribution is -2.11. The van der Waals surface area contributed by atoms with Crippen molar-refractivity contribution in [2.75, 3.05) is 6.54 Å². The summed E-state index contributed by atoms with van der Waals surface area (Å²) in [6, 6.07) is 8.53. The average Bonchev–Trinajstić information content (AvgIpc) is 2.71. The first-order valence-corrected chi connectivity index (χ1v) is 7.26. The molecule has 0 aliphatic rings. The molecule has 2 N–H and O–H groups in total. The van der Waals surface area contributed by atoms with E-state index in [-0.39, 0.29) is 5.41 Å². The molecule has 102 valence electrons. The van der Waals surface area contributed by atoms with E-state index in [1.165, 1.54) is 5.56 Å². The molecule has 0 unspecified atom stereocenters. The zero-order valence-corrected chi connectivity index (χ0v) is 13.2. The van der Waals surface area contributed by atoms with Crippen LogP contribution in [0.2, 0.25) is 0 Å². The topological polar surface area (TPSA) is 43.8 Å². The summed E-state index contributed by atoms with van der Waals surface area (Å²) in [6.45, 7) is 7.25. The number of benzene rings is 1. The number of nitrogens with zero attached hydrogens (tertiary/aromatic N) is 2. The molecule has 0 radical (unpaired) electrons. The van der Waals surface area contributed by atoms with E-state index in [1.807, 2.05) is 10.9 Å². The maximum atomic E-state index is 5.58. The van der Waals surface area contributed by atoms with Gasteiger partial charge in [-0.3, -0.25) is 0 Å². The molecule has 0 spiro atoms. The van der Waals surface area contributed by atoms with E-state index >= 15 is 0 Å². The molecule has 0 saturated heterocycles. The maximum Gasteiger partial charge on any atom is 0.0783 e. The lowest BCUT2D eigenvalue weighted by atomic mass is 9.87. The SMILES string of the molecule is CC(C)(C)c1ccc(-n2cc(Br)c(CCN)n2)cc1. The van der Waals surface area contributed by atoms with E-state index in [9.17, 15) is 0 Å². The van der Waals surface area contributed by atoms with Crippen molar-refractivity contribution in [3.63, 3.8) is 0 Å². The van der Waals surface area contributed by atoms with Gasteiger partial charge in [-0.25, -0.2) is 4.68 Å². The third-order valence-electron chi connectivity index (χ3n) is 3.12. The quantitative estimate of drug-likeness (QED) is 0.941. The van der Waals surface area contributed by atoms with Crippen LogP contribution in [-0.4, -0.2) is 16.3 Å². The van der Waals surface area contributed by atoms with Gasteiger partial charge in [-0.15, -0.1) is 0 Å². The third kappa shape index (κ3) is 3.25. The van der Waals surface area contributed by atoms with Gasteiger partial charge in [0.2, 0.25) is 0 Å². The zero-order chi connectivity index (χ0) is 14.0. The van der Waals surface area contributed by atoms with Gasteiger partial charge in [0.1, 0.15) is 0 Å². The van der Waals surface area contributed by atoms with Crippen molar-refractivity contribution in [3.05, 3.63) is 46.2 Å². The summed E-state index contributed by atoms with van der Waals surface area (Å²) in [5.74, 6) is 0. The van der Waals surface area contributed by atoms with Gasteiger partial charge in [0.25, 0.3) is 0 Å². The molecule has 0 aliphatic heterocycles. The largest absolute Gasteiger partial charge is 0.330 e. The minimum absolute atomic E-state index is 0.175. The number of nitrogens with two attached hydrogens (primary N) is 1. The molecule has 0 fully saturated rings. The Balaban J connectivity index is 2.30. The highest BCUT2D eigenvalue weighted by Gasteiger charge is 2.13. The Morgan fingerprint density at radius 1 is 1.21 bits per heavy atom. The molecule has 2 aromatic rings. The first-order valence-electron chi connectivity index (χ1n) is 6.47. The van der Waals surface area contributed by atoms with Crippen LogP contribution in [0.4, 0.5) is 0 Å². The van der Waals surface area contributed by atoms with Crippen molar-refractivity contribution in [2.24, 2.45) is 5.73 Å². The molecule has 1 aromatic carbocycles. The number of hydrogen-bond donors (Lipinski definition) is 1. The number of rotatable bonds is 3. The first kappa shape index (κ1) is 14.3. The maximum absolute atomic E-state index is 5.58. The van der Waals surface area contributed by atoms with Crippen LogP contribution < -0.4 is 5.73 Å². The standard InChI is InChI=1S/C15H20BrN3/c1-15(2,3)11-4-6-12(7-5-11)19-10-13(16)14(18-19)8-9-17/h4-7,10H,8-9,17H2,1-3H3. The molecule has 0 bridgehead atoms. The van der Waals surface area contributed by atoms with Crippen molar-refractivity contribution < 1.29 is 0 Å². The Morgan fingerprint density at radius 3 is 2.37 bits per heavy atom. The number of hydrogen-bond acceptors (Lipinski definition) is 2. The van der Waals surface area contributed by atoms with Crippen LogP contribution in [0.25, 0.3) is 5.69 Å². The van der Waals surface area contributed by atoms with E-state index < -0.39 is 0 Å². The molecule has 0 saturated carbocycles. The van der Waals surface area contributed by atoms with Gasteiger partial charge in [0.15, 0.2) is 0 Å². The van der Waals surface area contributed by atoms with Crippen LogP contribution in [-0.2, 0) is 11.8 Å². The van der Waals surface area contributed by atoms with Gasteiger partial charge in [0.05, 0.1) is 15.9 Å². The predicted molar refractivity (Wildman–Crippen MR) is 82.7 cm³/mol. The molecule has 1 aromatic heterocycles. The molecule has 0 aliphatic carbocycles. The fraction of sp³-hybridized carbons (Fsp3) is 0.400. The number of halogens is 1. The smallest absolute Gasteiger partial charge is 0.0783 e. The predicted octanol–water partition coefficient (Wildman–Crippen LogP) is 3.43. The summed E-state index contributed by atoms with van der Waals surface area (Å²) in [4.78, 5) is 0. The second-order valence-electron chi connectivity index (χ2n) is 5.70. The Morgan fingerprint density at radius 2 is 1.84 bits per heavy atom. The molecular weight excluding hydrogens is 302 g/mol. The summed E-state index contributed by atoms with van der Waals surface area (Å²) in [5, 5.41) is 4.55. The molecule has 19 heavy (non-hydrogen) atoms. The van der Waals surface area contributed by atoms with Crippen molar-refractivity contribution in [3.8, 4) is 5.69 Å². The van der Waals surface area contributed by atoms with Crippen LogP contribution in [0.3, 0.4) is 0 Å². The zero-order valence-electron chi connectivity index (χ0n) is 11.7. The van der Waals surface area contributed by atoms with Gasteiger partial charge < -0.3 is 5.73 Å². The molecule has 3 nitrogen and oxygen atoms in total. The Hall–Kier alpha value is -1.13. The Bertz CT molecular complexity index is 550. The van der Waals surface area contributed by atoms with Crippen molar-refractivity contribution in [2.45, 2.75) is 32.6 Å². The lowest BCUT2D eigenvalue weighted by molar-refractivity contribution is 0.590. The molecule has 2 rings (SSSR count).